The largest absolute Gasteiger partial charge is 0.437 e. The molecule has 0 fully saturated rings. The summed E-state index contributed by atoms with van der Waals surface area (Å²) in [5, 5.41) is 2.98. The number of hydrogen-bond acceptors (Lipinski definition) is 5. The van der Waals surface area contributed by atoms with Gasteiger partial charge in [-0.25, -0.2) is 9.37 Å². The van der Waals surface area contributed by atoms with E-state index >= 15 is 0 Å². The molecule has 3 aromatic rings. The van der Waals surface area contributed by atoms with Gasteiger partial charge in [-0.2, -0.15) is 4.98 Å². The van der Waals surface area contributed by atoms with Crippen LogP contribution in [0.3, 0.4) is 0 Å². The highest BCUT2D eigenvalue weighted by atomic mass is 35.5. The first-order valence-corrected chi connectivity index (χ1v) is 8.04. The third-order valence-corrected chi connectivity index (χ3v) is 3.87. The number of hydrogen-bond donors (Lipinski definition) is 2. The molecule has 3 N–H and O–H groups in total. The minimum absolute atomic E-state index is 0.00474. The fraction of sp³-hybridized carbons (Fsp3) is 0.111. The summed E-state index contributed by atoms with van der Waals surface area (Å²) in [6.07, 6.45) is 2.28. The van der Waals surface area contributed by atoms with Gasteiger partial charge in [0.25, 0.3) is 0 Å². The number of benzene rings is 2. The lowest BCUT2D eigenvalue weighted by Gasteiger charge is -2.12. The van der Waals surface area contributed by atoms with Crippen molar-refractivity contribution in [2.45, 2.75) is 13.3 Å². The van der Waals surface area contributed by atoms with Gasteiger partial charge >= 0.3 is 0 Å². The molecule has 0 saturated heterocycles. The molecular weight excluding hydrogens is 343 g/mol. The quantitative estimate of drug-likeness (QED) is 0.675. The van der Waals surface area contributed by atoms with Crippen molar-refractivity contribution in [3.63, 3.8) is 0 Å². The number of rotatable bonds is 5. The maximum Gasteiger partial charge on any atom is 0.248 e. The van der Waals surface area contributed by atoms with Crippen LogP contribution in [-0.4, -0.2) is 9.97 Å². The summed E-state index contributed by atoms with van der Waals surface area (Å²) in [7, 11) is 0. The summed E-state index contributed by atoms with van der Waals surface area (Å²) < 4.78 is 19.0. The zero-order chi connectivity index (χ0) is 17.8. The van der Waals surface area contributed by atoms with Gasteiger partial charge in [-0.15, -0.1) is 0 Å². The molecule has 0 saturated carbocycles. The van der Waals surface area contributed by atoms with E-state index in [1.54, 1.807) is 0 Å². The molecule has 0 amide bonds. The van der Waals surface area contributed by atoms with E-state index in [4.69, 9.17) is 22.1 Å². The van der Waals surface area contributed by atoms with Gasteiger partial charge < -0.3 is 15.8 Å². The summed E-state index contributed by atoms with van der Waals surface area (Å²) in [6.45, 7) is 2.08. The molecule has 1 aromatic heterocycles. The van der Waals surface area contributed by atoms with Gasteiger partial charge in [-0.3, -0.25) is 0 Å². The first-order valence-electron chi connectivity index (χ1n) is 7.66. The van der Waals surface area contributed by atoms with E-state index in [1.807, 2.05) is 24.3 Å². The van der Waals surface area contributed by atoms with Gasteiger partial charge in [-0.05, 0) is 42.3 Å². The van der Waals surface area contributed by atoms with Crippen LogP contribution in [0.5, 0.6) is 11.6 Å². The first kappa shape index (κ1) is 17.0. The second-order valence-corrected chi connectivity index (χ2v) is 5.70. The molecule has 1 heterocycles. The predicted molar refractivity (Wildman–Crippen MR) is 97.0 cm³/mol. The van der Waals surface area contributed by atoms with E-state index in [2.05, 4.69) is 22.2 Å². The van der Waals surface area contributed by atoms with Crippen LogP contribution >= 0.6 is 11.6 Å². The lowest BCUT2D eigenvalue weighted by molar-refractivity contribution is 0.464. The summed E-state index contributed by atoms with van der Waals surface area (Å²) in [6, 6.07) is 11.9. The van der Waals surface area contributed by atoms with Crippen LogP contribution in [0.4, 0.5) is 21.6 Å². The molecule has 0 radical (unpaired) electrons. The monoisotopic (exact) mass is 358 g/mol. The Hall–Kier alpha value is -2.86. The number of nitrogen functional groups attached to an aromatic ring is 1. The number of anilines is 3. The number of ether oxygens (including phenoxy) is 1. The molecule has 5 nitrogen and oxygen atoms in total. The van der Waals surface area contributed by atoms with Crippen LogP contribution in [0.1, 0.15) is 12.5 Å². The van der Waals surface area contributed by atoms with E-state index in [0.29, 0.717) is 17.3 Å². The summed E-state index contributed by atoms with van der Waals surface area (Å²) in [4.78, 5) is 8.16. The molecule has 128 valence electrons. The molecule has 3 rings (SSSR count). The molecule has 0 aliphatic carbocycles. The number of aromatic nitrogens is 2. The smallest absolute Gasteiger partial charge is 0.248 e. The van der Waals surface area contributed by atoms with Gasteiger partial charge in [0.2, 0.25) is 5.88 Å². The van der Waals surface area contributed by atoms with Crippen LogP contribution in [0.15, 0.2) is 48.8 Å². The van der Waals surface area contributed by atoms with E-state index in [0.717, 1.165) is 6.42 Å². The number of aryl methyl sites for hydroxylation is 1. The van der Waals surface area contributed by atoms with E-state index in [1.165, 1.54) is 30.1 Å². The fourth-order valence-corrected chi connectivity index (χ4v) is 2.36. The zero-order valence-corrected chi connectivity index (χ0v) is 14.2. The van der Waals surface area contributed by atoms with Crippen molar-refractivity contribution in [2.75, 3.05) is 11.1 Å². The standard InChI is InChI=1S/C18H16ClFN4O/c1-2-11-3-6-13(7-4-11)25-18-16(21)17(22-10-23-18)24-12-5-8-15(20)14(19)9-12/h3-10H,2,21H2,1H3,(H,22,23,24). The normalized spacial score (nSPS) is 10.5. The van der Waals surface area contributed by atoms with Crippen LogP contribution in [0, 0.1) is 5.82 Å². The highest BCUT2D eigenvalue weighted by Crippen LogP contribution is 2.31. The van der Waals surface area contributed by atoms with Crippen LogP contribution in [0.2, 0.25) is 5.02 Å². The van der Waals surface area contributed by atoms with Crippen molar-refractivity contribution in [2.24, 2.45) is 0 Å². The maximum absolute atomic E-state index is 13.2. The van der Waals surface area contributed by atoms with Gasteiger partial charge in [0, 0.05) is 5.69 Å². The molecule has 0 aliphatic rings. The molecule has 0 spiro atoms. The van der Waals surface area contributed by atoms with Crippen molar-refractivity contribution in [1.82, 2.24) is 9.97 Å². The Morgan fingerprint density at radius 2 is 1.92 bits per heavy atom. The average molecular weight is 359 g/mol. The van der Waals surface area contributed by atoms with Crippen molar-refractivity contribution < 1.29 is 9.13 Å². The maximum atomic E-state index is 13.2. The fourth-order valence-electron chi connectivity index (χ4n) is 2.18. The highest BCUT2D eigenvalue weighted by Gasteiger charge is 2.11. The third kappa shape index (κ3) is 3.97. The molecular formula is C18H16ClFN4O. The summed E-state index contributed by atoms with van der Waals surface area (Å²) in [5.41, 5.74) is 8.08. The molecule has 0 aliphatic heterocycles. The second kappa shape index (κ2) is 7.36. The second-order valence-electron chi connectivity index (χ2n) is 5.29. The van der Waals surface area contributed by atoms with E-state index in [-0.39, 0.29) is 16.6 Å². The van der Waals surface area contributed by atoms with Gasteiger partial charge in [0.15, 0.2) is 5.82 Å². The molecule has 2 aromatic carbocycles. The minimum Gasteiger partial charge on any atom is -0.437 e. The van der Waals surface area contributed by atoms with Crippen molar-refractivity contribution >= 4 is 28.8 Å². The van der Waals surface area contributed by atoms with E-state index < -0.39 is 5.82 Å². The lowest BCUT2D eigenvalue weighted by atomic mass is 10.2. The minimum atomic E-state index is -0.498. The average Bonchev–Trinajstić information content (AvgIpc) is 2.62. The van der Waals surface area contributed by atoms with E-state index in [9.17, 15) is 4.39 Å². The third-order valence-electron chi connectivity index (χ3n) is 3.58. The zero-order valence-electron chi connectivity index (χ0n) is 13.5. The number of nitrogens with one attached hydrogen (secondary N) is 1. The van der Waals surface area contributed by atoms with Crippen molar-refractivity contribution in [1.29, 1.82) is 0 Å². The molecule has 25 heavy (non-hydrogen) atoms. The number of halogens is 2. The molecule has 0 bridgehead atoms. The lowest BCUT2D eigenvalue weighted by Crippen LogP contribution is -2.03. The Labute approximate surface area is 149 Å². The highest BCUT2D eigenvalue weighted by molar-refractivity contribution is 6.31. The van der Waals surface area contributed by atoms with Gasteiger partial charge in [-0.1, -0.05) is 30.7 Å². The Bertz CT molecular complexity index is 887. The topological polar surface area (TPSA) is 73.1 Å². The SMILES string of the molecule is CCc1ccc(Oc2ncnc(Nc3ccc(F)c(Cl)c3)c2N)cc1. The van der Waals surface area contributed by atoms with Crippen LogP contribution < -0.4 is 15.8 Å². The Kier molecular flexibility index (Phi) is 5.00. The Balaban J connectivity index is 1.82. The van der Waals surface area contributed by atoms with Gasteiger partial charge in [0.05, 0.1) is 5.02 Å². The number of nitrogens with two attached hydrogens (primary N) is 1. The Morgan fingerprint density at radius 3 is 2.60 bits per heavy atom. The summed E-state index contributed by atoms with van der Waals surface area (Å²) in [5.74, 6) is 0.702. The van der Waals surface area contributed by atoms with Gasteiger partial charge in [0.1, 0.15) is 23.6 Å². The summed E-state index contributed by atoms with van der Waals surface area (Å²) >= 11 is 5.78. The van der Waals surface area contributed by atoms with Crippen molar-refractivity contribution in [3.8, 4) is 11.6 Å². The molecule has 0 unspecified atom stereocenters. The molecule has 7 heteroatoms. The number of nitrogens with zero attached hydrogens (tertiary/aromatic N) is 2. The van der Waals surface area contributed by atoms with Crippen LogP contribution in [0.25, 0.3) is 0 Å². The van der Waals surface area contributed by atoms with Crippen LogP contribution in [-0.2, 0) is 6.42 Å². The predicted octanol–water partition coefficient (Wildman–Crippen LogP) is 4.95. The Morgan fingerprint density at radius 1 is 1.16 bits per heavy atom. The van der Waals surface area contributed by atoms with Crippen molar-refractivity contribution in [3.05, 3.63) is 65.2 Å². The molecule has 0 atom stereocenters. The first-order chi connectivity index (χ1) is 12.1.